The highest BCUT2D eigenvalue weighted by Gasteiger charge is 2.49. The normalized spacial score (nSPS) is 27.7. The summed E-state index contributed by atoms with van der Waals surface area (Å²) in [6, 6.07) is 0.203. The van der Waals surface area contributed by atoms with E-state index >= 15 is 0 Å². The van der Waals surface area contributed by atoms with Crippen LogP contribution in [0.15, 0.2) is 6.20 Å². The van der Waals surface area contributed by atoms with E-state index in [9.17, 15) is 5.11 Å². The first-order valence-corrected chi connectivity index (χ1v) is 7.13. The lowest BCUT2D eigenvalue weighted by atomic mass is 9.64. The summed E-state index contributed by atoms with van der Waals surface area (Å²) >= 11 is 6.30. The standard InChI is InChI=1S/C14H23ClN2O/c1-10(2)17-12(11(15)9-16-17)14(18)8-6-5-7-13(14,3)4/h9-10,18H,5-8H2,1-4H3. The molecule has 1 aliphatic rings. The zero-order chi connectivity index (χ0) is 13.6. The molecule has 0 amide bonds. The molecule has 0 spiro atoms. The quantitative estimate of drug-likeness (QED) is 0.885. The van der Waals surface area contributed by atoms with Gasteiger partial charge in [0.2, 0.25) is 0 Å². The van der Waals surface area contributed by atoms with Crippen LogP contribution in [-0.4, -0.2) is 14.9 Å². The molecule has 0 bridgehead atoms. The molecule has 1 aromatic heterocycles. The molecule has 3 nitrogen and oxygen atoms in total. The summed E-state index contributed by atoms with van der Waals surface area (Å²) in [4.78, 5) is 0. The van der Waals surface area contributed by atoms with Crippen LogP contribution in [0.25, 0.3) is 0 Å². The van der Waals surface area contributed by atoms with E-state index in [0.29, 0.717) is 5.02 Å². The SMILES string of the molecule is CC(C)n1ncc(Cl)c1C1(O)CCCCC1(C)C. The van der Waals surface area contributed by atoms with Crippen LogP contribution in [-0.2, 0) is 5.60 Å². The molecule has 0 radical (unpaired) electrons. The number of halogens is 1. The first-order chi connectivity index (χ1) is 8.29. The first kappa shape index (κ1) is 13.9. The Morgan fingerprint density at radius 3 is 2.50 bits per heavy atom. The topological polar surface area (TPSA) is 38.0 Å². The van der Waals surface area contributed by atoms with E-state index in [-0.39, 0.29) is 11.5 Å². The summed E-state index contributed by atoms with van der Waals surface area (Å²) in [5, 5.41) is 16.1. The molecule has 0 aliphatic heterocycles. The fraction of sp³-hybridized carbons (Fsp3) is 0.786. The maximum Gasteiger partial charge on any atom is 0.113 e. The van der Waals surface area contributed by atoms with Gasteiger partial charge in [-0.1, -0.05) is 38.3 Å². The third kappa shape index (κ3) is 1.97. The van der Waals surface area contributed by atoms with Crippen molar-refractivity contribution < 1.29 is 5.11 Å². The number of aromatic nitrogens is 2. The number of hydrogen-bond donors (Lipinski definition) is 1. The summed E-state index contributed by atoms with van der Waals surface area (Å²) < 4.78 is 1.87. The average molecular weight is 271 g/mol. The molecule has 1 aromatic rings. The van der Waals surface area contributed by atoms with Crippen molar-refractivity contribution in [3.05, 3.63) is 16.9 Å². The van der Waals surface area contributed by atoms with Crippen LogP contribution in [0.2, 0.25) is 5.02 Å². The Bertz CT molecular complexity index is 439. The molecule has 18 heavy (non-hydrogen) atoms. The van der Waals surface area contributed by atoms with Crippen LogP contribution in [0, 0.1) is 5.41 Å². The maximum atomic E-state index is 11.2. The van der Waals surface area contributed by atoms with Gasteiger partial charge in [0.15, 0.2) is 0 Å². The Hall–Kier alpha value is -0.540. The Balaban J connectivity index is 2.55. The van der Waals surface area contributed by atoms with Gasteiger partial charge >= 0.3 is 0 Å². The molecule has 102 valence electrons. The van der Waals surface area contributed by atoms with Gasteiger partial charge in [0, 0.05) is 6.04 Å². The molecule has 1 atom stereocenters. The second-order valence-corrected chi connectivity index (χ2v) is 6.74. The van der Waals surface area contributed by atoms with E-state index < -0.39 is 5.60 Å². The van der Waals surface area contributed by atoms with Gasteiger partial charge in [-0.25, -0.2) is 0 Å². The highest BCUT2D eigenvalue weighted by atomic mass is 35.5. The van der Waals surface area contributed by atoms with Gasteiger partial charge in [-0.3, -0.25) is 4.68 Å². The minimum atomic E-state index is -0.872. The Labute approximate surface area is 114 Å². The summed E-state index contributed by atoms with van der Waals surface area (Å²) in [7, 11) is 0. The predicted molar refractivity (Wildman–Crippen MR) is 73.8 cm³/mol. The highest BCUT2D eigenvalue weighted by molar-refractivity contribution is 6.31. The molecule has 2 rings (SSSR count). The lowest BCUT2D eigenvalue weighted by Gasteiger charge is -2.47. The van der Waals surface area contributed by atoms with Crippen molar-refractivity contribution in [2.45, 2.75) is 65.0 Å². The van der Waals surface area contributed by atoms with Crippen LogP contribution < -0.4 is 0 Å². The molecule has 1 unspecified atom stereocenters. The molecular weight excluding hydrogens is 248 g/mol. The minimum absolute atomic E-state index is 0.165. The predicted octanol–water partition coefficient (Wildman–Crippen LogP) is 3.91. The molecule has 1 saturated carbocycles. The number of nitrogens with zero attached hydrogens (tertiary/aromatic N) is 2. The van der Waals surface area contributed by atoms with Gasteiger partial charge in [0.1, 0.15) is 5.60 Å². The maximum absolute atomic E-state index is 11.2. The second-order valence-electron chi connectivity index (χ2n) is 6.33. The first-order valence-electron chi connectivity index (χ1n) is 6.75. The Morgan fingerprint density at radius 1 is 1.33 bits per heavy atom. The lowest BCUT2D eigenvalue weighted by molar-refractivity contribution is -0.110. The van der Waals surface area contributed by atoms with Crippen LogP contribution in [0.3, 0.4) is 0 Å². The van der Waals surface area contributed by atoms with Crippen molar-refractivity contribution in [2.24, 2.45) is 5.41 Å². The van der Waals surface area contributed by atoms with E-state index in [1.165, 1.54) is 6.42 Å². The third-order valence-corrected chi connectivity index (χ3v) is 4.62. The van der Waals surface area contributed by atoms with Gasteiger partial charge in [0.25, 0.3) is 0 Å². The molecule has 0 aromatic carbocycles. The molecule has 0 saturated heterocycles. The van der Waals surface area contributed by atoms with E-state index in [0.717, 1.165) is 25.0 Å². The van der Waals surface area contributed by atoms with Crippen LogP contribution >= 0.6 is 11.6 Å². The fourth-order valence-electron chi connectivity index (χ4n) is 3.05. The molecule has 1 fully saturated rings. The summed E-state index contributed by atoms with van der Waals surface area (Å²) in [6.45, 7) is 8.37. The van der Waals surface area contributed by atoms with Gasteiger partial charge in [-0.2, -0.15) is 5.10 Å². The number of hydrogen-bond acceptors (Lipinski definition) is 2. The molecule has 1 heterocycles. The van der Waals surface area contributed by atoms with Crippen molar-refractivity contribution >= 4 is 11.6 Å². The molecule has 1 N–H and O–H groups in total. The van der Waals surface area contributed by atoms with Crippen molar-refractivity contribution in [1.82, 2.24) is 9.78 Å². The van der Waals surface area contributed by atoms with Crippen molar-refractivity contribution in [2.75, 3.05) is 0 Å². The lowest BCUT2D eigenvalue weighted by Crippen LogP contribution is -2.46. The van der Waals surface area contributed by atoms with Gasteiger partial charge in [-0.05, 0) is 32.1 Å². The van der Waals surface area contributed by atoms with E-state index in [2.05, 4.69) is 32.8 Å². The van der Waals surface area contributed by atoms with Crippen LogP contribution in [0.1, 0.15) is 65.1 Å². The fourth-order valence-corrected chi connectivity index (χ4v) is 3.34. The zero-order valence-corrected chi connectivity index (χ0v) is 12.5. The molecular formula is C14H23ClN2O. The second kappa shape index (κ2) is 4.53. The Kier molecular flexibility index (Phi) is 3.50. The summed E-state index contributed by atoms with van der Waals surface area (Å²) in [5.41, 5.74) is -0.242. The van der Waals surface area contributed by atoms with Crippen molar-refractivity contribution in [3.63, 3.8) is 0 Å². The van der Waals surface area contributed by atoms with Crippen molar-refractivity contribution in [3.8, 4) is 0 Å². The van der Waals surface area contributed by atoms with Crippen molar-refractivity contribution in [1.29, 1.82) is 0 Å². The zero-order valence-electron chi connectivity index (χ0n) is 11.7. The summed E-state index contributed by atoms with van der Waals surface area (Å²) in [5.74, 6) is 0. The van der Waals surface area contributed by atoms with E-state index in [4.69, 9.17) is 11.6 Å². The average Bonchev–Trinajstić information content (AvgIpc) is 2.65. The highest BCUT2D eigenvalue weighted by Crippen LogP contribution is 2.51. The summed E-state index contributed by atoms with van der Waals surface area (Å²) in [6.07, 6.45) is 5.64. The smallest absolute Gasteiger partial charge is 0.113 e. The molecule has 1 aliphatic carbocycles. The third-order valence-electron chi connectivity index (χ3n) is 4.34. The van der Waals surface area contributed by atoms with E-state index in [1.54, 1.807) is 6.20 Å². The number of aliphatic hydroxyl groups is 1. The van der Waals surface area contributed by atoms with Gasteiger partial charge < -0.3 is 5.11 Å². The minimum Gasteiger partial charge on any atom is -0.383 e. The molecule has 4 heteroatoms. The van der Waals surface area contributed by atoms with E-state index in [1.807, 2.05) is 4.68 Å². The Morgan fingerprint density at radius 2 is 1.94 bits per heavy atom. The van der Waals surface area contributed by atoms with Crippen LogP contribution in [0.4, 0.5) is 0 Å². The monoisotopic (exact) mass is 270 g/mol. The van der Waals surface area contributed by atoms with Crippen LogP contribution in [0.5, 0.6) is 0 Å². The number of rotatable bonds is 2. The van der Waals surface area contributed by atoms with Gasteiger partial charge in [0.05, 0.1) is 16.9 Å². The largest absolute Gasteiger partial charge is 0.383 e. The van der Waals surface area contributed by atoms with Gasteiger partial charge in [-0.15, -0.1) is 0 Å².